The van der Waals surface area contributed by atoms with Crippen LogP contribution in [0.3, 0.4) is 0 Å². The maximum Gasteiger partial charge on any atom is 0.0938 e. The molecule has 0 bridgehead atoms. The molecule has 5 heteroatoms. The molecule has 10 heavy (non-hydrogen) atoms. The second-order valence-electron chi connectivity index (χ2n) is 1.96. The van der Waals surface area contributed by atoms with Gasteiger partial charge in [-0.1, -0.05) is 11.4 Å². The first-order chi connectivity index (χ1) is 4.88. The maximum atomic E-state index is 5.26. The Kier molecular flexibility index (Phi) is 2.73. The molecule has 0 spiro atoms. The van der Waals surface area contributed by atoms with Crippen molar-refractivity contribution in [3.63, 3.8) is 0 Å². The van der Waals surface area contributed by atoms with Gasteiger partial charge in [0.05, 0.1) is 11.7 Å². The number of nitrogens with one attached hydrogen (secondary N) is 1. The first kappa shape index (κ1) is 7.59. The van der Waals surface area contributed by atoms with Gasteiger partial charge in [-0.05, 0) is 18.0 Å². The zero-order valence-corrected chi connectivity index (χ0v) is 6.56. The van der Waals surface area contributed by atoms with Gasteiger partial charge >= 0.3 is 0 Å². The van der Waals surface area contributed by atoms with Crippen LogP contribution in [0, 0.1) is 0 Å². The first-order valence-electron chi connectivity index (χ1n) is 3.11. The average Bonchev–Trinajstić information content (AvgIpc) is 2.43. The third-order valence-electron chi connectivity index (χ3n) is 1.34. The van der Waals surface area contributed by atoms with Gasteiger partial charge in [0.1, 0.15) is 0 Å². The number of aromatic nitrogens is 2. The van der Waals surface area contributed by atoms with E-state index in [0.717, 1.165) is 12.1 Å². The lowest BCUT2D eigenvalue weighted by atomic mass is 10.2. The molecule has 0 radical (unpaired) electrons. The van der Waals surface area contributed by atoms with Gasteiger partial charge in [-0.2, -0.15) is 0 Å². The van der Waals surface area contributed by atoms with Gasteiger partial charge in [-0.3, -0.25) is 11.3 Å². The highest BCUT2D eigenvalue weighted by Gasteiger charge is 2.08. The SMILES string of the molecule is CCC(NN)c1csnn1. The van der Waals surface area contributed by atoms with E-state index in [1.807, 2.05) is 12.3 Å². The average molecular weight is 158 g/mol. The normalized spacial score (nSPS) is 13.4. The van der Waals surface area contributed by atoms with E-state index >= 15 is 0 Å². The second-order valence-corrected chi connectivity index (χ2v) is 2.57. The van der Waals surface area contributed by atoms with Crippen molar-refractivity contribution in [2.24, 2.45) is 5.84 Å². The van der Waals surface area contributed by atoms with E-state index in [9.17, 15) is 0 Å². The molecule has 1 unspecified atom stereocenters. The molecule has 0 aromatic carbocycles. The summed E-state index contributed by atoms with van der Waals surface area (Å²) in [7, 11) is 0. The number of rotatable bonds is 3. The Hall–Kier alpha value is -0.520. The van der Waals surface area contributed by atoms with Crippen LogP contribution in [0.4, 0.5) is 0 Å². The largest absolute Gasteiger partial charge is 0.271 e. The fraction of sp³-hybridized carbons (Fsp3) is 0.600. The summed E-state index contributed by atoms with van der Waals surface area (Å²) in [5.41, 5.74) is 3.58. The lowest BCUT2D eigenvalue weighted by molar-refractivity contribution is 0.525. The number of hydrogen-bond donors (Lipinski definition) is 2. The first-order valence-corrected chi connectivity index (χ1v) is 3.95. The fourth-order valence-corrected chi connectivity index (χ4v) is 1.24. The molecule has 56 valence electrons. The molecule has 0 fully saturated rings. The van der Waals surface area contributed by atoms with Crippen molar-refractivity contribution in [3.05, 3.63) is 11.1 Å². The van der Waals surface area contributed by atoms with Crippen molar-refractivity contribution >= 4 is 11.5 Å². The molecule has 1 aromatic heterocycles. The van der Waals surface area contributed by atoms with Crippen LogP contribution in [0.5, 0.6) is 0 Å². The molecule has 0 amide bonds. The van der Waals surface area contributed by atoms with E-state index < -0.39 is 0 Å². The van der Waals surface area contributed by atoms with Gasteiger partial charge in [0.15, 0.2) is 0 Å². The van der Waals surface area contributed by atoms with Crippen LogP contribution in [0.1, 0.15) is 25.1 Å². The van der Waals surface area contributed by atoms with Gasteiger partial charge in [0.2, 0.25) is 0 Å². The molecule has 0 aliphatic carbocycles. The highest BCUT2D eigenvalue weighted by molar-refractivity contribution is 7.03. The fourth-order valence-electron chi connectivity index (χ4n) is 0.736. The van der Waals surface area contributed by atoms with Gasteiger partial charge in [0.25, 0.3) is 0 Å². The van der Waals surface area contributed by atoms with Crippen LogP contribution >= 0.6 is 11.5 Å². The smallest absolute Gasteiger partial charge is 0.0938 e. The Labute approximate surface area is 63.6 Å². The van der Waals surface area contributed by atoms with E-state index in [4.69, 9.17) is 5.84 Å². The molecule has 1 aromatic rings. The number of nitrogens with two attached hydrogens (primary N) is 1. The third kappa shape index (κ3) is 1.50. The van der Waals surface area contributed by atoms with Crippen molar-refractivity contribution in [1.82, 2.24) is 15.0 Å². The summed E-state index contributed by atoms with van der Waals surface area (Å²) in [5, 5.41) is 5.78. The Morgan fingerprint density at radius 3 is 3.10 bits per heavy atom. The third-order valence-corrected chi connectivity index (χ3v) is 1.87. The molecule has 1 atom stereocenters. The molecule has 0 saturated carbocycles. The topological polar surface area (TPSA) is 63.8 Å². The number of nitrogens with zero attached hydrogens (tertiary/aromatic N) is 2. The summed E-state index contributed by atoms with van der Waals surface area (Å²) in [6.45, 7) is 2.05. The quantitative estimate of drug-likeness (QED) is 0.495. The minimum absolute atomic E-state index is 0.152. The molecule has 4 nitrogen and oxygen atoms in total. The zero-order valence-electron chi connectivity index (χ0n) is 5.74. The molecule has 1 heterocycles. The predicted octanol–water partition coefficient (Wildman–Crippen LogP) is 0.453. The van der Waals surface area contributed by atoms with Gasteiger partial charge in [-0.25, -0.2) is 0 Å². The van der Waals surface area contributed by atoms with Crippen LogP contribution in [-0.2, 0) is 0 Å². The molecule has 0 saturated heterocycles. The molecule has 0 aliphatic heterocycles. The molecular formula is C5H10N4S. The molecule has 3 N–H and O–H groups in total. The van der Waals surface area contributed by atoms with E-state index in [1.165, 1.54) is 11.5 Å². The van der Waals surface area contributed by atoms with Crippen molar-refractivity contribution in [2.45, 2.75) is 19.4 Å². The van der Waals surface area contributed by atoms with Crippen LogP contribution in [-0.4, -0.2) is 9.59 Å². The Morgan fingerprint density at radius 1 is 1.90 bits per heavy atom. The summed E-state index contributed by atoms with van der Waals surface area (Å²) in [6.07, 6.45) is 0.932. The summed E-state index contributed by atoms with van der Waals surface area (Å²) in [5.74, 6) is 5.26. The maximum absolute atomic E-state index is 5.26. The Bertz CT molecular complexity index is 170. The van der Waals surface area contributed by atoms with Gasteiger partial charge in [-0.15, -0.1) is 5.10 Å². The predicted molar refractivity (Wildman–Crippen MR) is 40.3 cm³/mol. The van der Waals surface area contributed by atoms with Crippen LogP contribution in [0.2, 0.25) is 0 Å². The highest BCUT2D eigenvalue weighted by atomic mass is 32.1. The molecule has 1 rings (SSSR count). The molecular weight excluding hydrogens is 148 g/mol. The van der Waals surface area contributed by atoms with Gasteiger partial charge in [0, 0.05) is 5.38 Å². The monoisotopic (exact) mass is 158 g/mol. The minimum atomic E-state index is 0.152. The van der Waals surface area contributed by atoms with Gasteiger partial charge < -0.3 is 0 Å². The Balaban J connectivity index is 2.64. The van der Waals surface area contributed by atoms with Crippen LogP contribution in [0.15, 0.2) is 5.38 Å². The van der Waals surface area contributed by atoms with Crippen molar-refractivity contribution in [1.29, 1.82) is 0 Å². The zero-order chi connectivity index (χ0) is 7.40. The summed E-state index contributed by atoms with van der Waals surface area (Å²) in [4.78, 5) is 0. The number of hydrogen-bond acceptors (Lipinski definition) is 5. The lowest BCUT2D eigenvalue weighted by Gasteiger charge is -2.07. The van der Waals surface area contributed by atoms with Crippen molar-refractivity contribution < 1.29 is 0 Å². The van der Waals surface area contributed by atoms with Crippen LogP contribution in [0.25, 0.3) is 0 Å². The number of hydrazine groups is 1. The summed E-state index contributed by atoms with van der Waals surface area (Å²) in [6, 6.07) is 0.152. The summed E-state index contributed by atoms with van der Waals surface area (Å²) >= 11 is 1.34. The van der Waals surface area contributed by atoms with E-state index in [2.05, 4.69) is 15.0 Å². The standard InChI is InChI=1S/C5H10N4S/c1-2-4(7-6)5-3-10-9-8-5/h3-4,7H,2,6H2,1H3. The van der Waals surface area contributed by atoms with E-state index in [-0.39, 0.29) is 6.04 Å². The molecule has 0 aliphatic rings. The van der Waals surface area contributed by atoms with E-state index in [0.29, 0.717) is 0 Å². The second kappa shape index (κ2) is 3.60. The van der Waals surface area contributed by atoms with Crippen molar-refractivity contribution in [3.8, 4) is 0 Å². The summed E-state index contributed by atoms with van der Waals surface area (Å²) < 4.78 is 3.74. The minimum Gasteiger partial charge on any atom is -0.271 e. The van der Waals surface area contributed by atoms with E-state index in [1.54, 1.807) is 0 Å². The van der Waals surface area contributed by atoms with Crippen LogP contribution < -0.4 is 11.3 Å². The van der Waals surface area contributed by atoms with Crippen molar-refractivity contribution in [2.75, 3.05) is 0 Å². The Morgan fingerprint density at radius 2 is 2.70 bits per heavy atom. The highest BCUT2D eigenvalue weighted by Crippen LogP contribution is 2.12. The lowest BCUT2D eigenvalue weighted by Crippen LogP contribution is -2.27.